The van der Waals surface area contributed by atoms with E-state index in [0.29, 0.717) is 23.3 Å². The van der Waals surface area contributed by atoms with Crippen molar-refractivity contribution in [3.05, 3.63) is 82.5 Å². The molecule has 13 nitrogen and oxygen atoms in total. The van der Waals surface area contributed by atoms with Crippen LogP contribution in [0.5, 0.6) is 0 Å². The number of aromatic nitrogens is 6. The lowest BCUT2D eigenvalue weighted by Crippen LogP contribution is -2.07. The van der Waals surface area contributed by atoms with E-state index in [0.717, 1.165) is 58.5 Å². The van der Waals surface area contributed by atoms with Crippen LogP contribution in [0, 0.1) is 13.8 Å². The largest absolute Gasteiger partial charge is 0.481 e. The van der Waals surface area contributed by atoms with Crippen molar-refractivity contribution in [1.82, 2.24) is 30.1 Å². The van der Waals surface area contributed by atoms with Crippen LogP contribution in [0.25, 0.3) is 10.9 Å². The number of hydrogen-bond donors (Lipinski definition) is 6. The normalized spacial score (nSPS) is 14.0. The zero-order valence-corrected chi connectivity index (χ0v) is 27.2. The number of aryl methyl sites for hydroxylation is 2. The van der Waals surface area contributed by atoms with Gasteiger partial charge < -0.3 is 26.8 Å². The monoisotopic (exact) mass is 655 g/mol. The third kappa shape index (κ3) is 10.4. The summed E-state index contributed by atoms with van der Waals surface area (Å²) in [6.45, 7) is 5.89. The van der Waals surface area contributed by atoms with Crippen LogP contribution in [-0.4, -0.2) is 59.5 Å². The molecular weight excluding hydrogens is 618 g/mol. The summed E-state index contributed by atoms with van der Waals surface area (Å²) >= 11 is 5.66. The maximum absolute atomic E-state index is 9.00. The van der Waals surface area contributed by atoms with Crippen molar-refractivity contribution in [2.75, 3.05) is 21.7 Å². The quantitative estimate of drug-likeness (QED) is 0.0890. The van der Waals surface area contributed by atoms with Gasteiger partial charge in [0.15, 0.2) is 0 Å². The summed E-state index contributed by atoms with van der Waals surface area (Å²) < 4.78 is 0. The molecule has 4 heterocycles. The number of aliphatic carboxylic acids is 1. The van der Waals surface area contributed by atoms with Gasteiger partial charge in [-0.3, -0.25) is 14.9 Å². The zero-order chi connectivity index (χ0) is 33.3. The molecule has 2 aliphatic carbocycles. The highest BCUT2D eigenvalue weighted by Crippen LogP contribution is 2.27. The molecular formula is C33H38ClN11O2. The Morgan fingerprint density at radius 2 is 1.60 bits per heavy atom. The second-order valence-electron chi connectivity index (χ2n) is 11.5. The van der Waals surface area contributed by atoms with E-state index in [1.54, 1.807) is 12.4 Å². The number of nitrogens with two attached hydrogens (primary N) is 1. The van der Waals surface area contributed by atoms with E-state index in [1.807, 2.05) is 62.7 Å². The predicted molar refractivity (Wildman–Crippen MR) is 187 cm³/mol. The Morgan fingerprint density at radius 3 is 2.28 bits per heavy atom. The van der Waals surface area contributed by atoms with Crippen LogP contribution in [0.3, 0.4) is 0 Å². The Kier molecular flexibility index (Phi) is 10.8. The van der Waals surface area contributed by atoms with Crippen molar-refractivity contribution < 1.29 is 9.90 Å². The van der Waals surface area contributed by atoms with Gasteiger partial charge in [0.05, 0.1) is 18.3 Å². The first kappa shape index (κ1) is 33.1. The van der Waals surface area contributed by atoms with Gasteiger partial charge in [0.25, 0.3) is 5.97 Å². The molecule has 47 heavy (non-hydrogen) atoms. The minimum Gasteiger partial charge on any atom is -0.481 e. The fraction of sp³-hybridized carbons (Fsp3) is 0.303. The molecule has 14 heteroatoms. The number of benzene rings is 2. The molecule has 2 fully saturated rings. The Balaban J connectivity index is 0.000000141. The molecule has 3 aromatic heterocycles. The predicted octanol–water partition coefficient (Wildman–Crippen LogP) is 6.28. The van der Waals surface area contributed by atoms with Gasteiger partial charge in [-0.2, -0.15) is 10.1 Å². The molecule has 8 rings (SSSR count). The standard InChI is InChI=1S/C15H16N6.C8H10ClN3.C8H8N2.C2H4O2/c1-9-7-16-15(20-14(9)18-11-2-3-11)19-12-4-5-13-10(6-12)8-17-21-13;1-5-4-10-8(9)12-7(5)11-6-2-3-6;9-8-2-1-6-4-10-5-7(6)3-8;1-2(3)4/h4-8,11H,2-3H2,1H3,(H,17,21)(H2,16,18,19,20);4,6H,2-3H2,1H3,(H,10,11,12);1-3,5H,4,9H2;1H3,(H,3,4). The maximum atomic E-state index is 9.00. The number of H-pyrrole nitrogens is 1. The van der Waals surface area contributed by atoms with Gasteiger partial charge in [0, 0.05) is 65.5 Å². The van der Waals surface area contributed by atoms with Gasteiger partial charge >= 0.3 is 0 Å². The summed E-state index contributed by atoms with van der Waals surface area (Å²) in [5.41, 5.74) is 12.9. The molecule has 0 radical (unpaired) electrons. The number of aliphatic imine (C=N–C) groups is 1. The summed E-state index contributed by atoms with van der Waals surface area (Å²) in [5.74, 6) is 1.56. The molecule has 3 aliphatic rings. The lowest BCUT2D eigenvalue weighted by Gasteiger charge is -2.10. The Morgan fingerprint density at radius 1 is 0.936 bits per heavy atom. The van der Waals surface area contributed by atoms with E-state index < -0.39 is 5.97 Å². The van der Waals surface area contributed by atoms with Gasteiger partial charge in [-0.05, 0) is 92.6 Å². The lowest BCUT2D eigenvalue weighted by molar-refractivity contribution is -0.134. The molecule has 0 saturated heterocycles. The molecule has 0 atom stereocenters. The van der Waals surface area contributed by atoms with Crippen LogP contribution in [0.4, 0.5) is 29.0 Å². The van der Waals surface area contributed by atoms with Gasteiger partial charge in [0.1, 0.15) is 11.6 Å². The van der Waals surface area contributed by atoms with E-state index in [1.165, 1.54) is 36.8 Å². The number of rotatable bonds is 6. The molecule has 1 aliphatic heterocycles. The molecule has 5 aromatic rings. The molecule has 244 valence electrons. The van der Waals surface area contributed by atoms with Gasteiger partial charge in [0.2, 0.25) is 11.2 Å². The summed E-state index contributed by atoms with van der Waals surface area (Å²) in [6.07, 6.45) is 12.2. The van der Waals surface area contributed by atoms with Crippen LogP contribution in [0.2, 0.25) is 5.28 Å². The fourth-order valence-corrected chi connectivity index (χ4v) is 4.46. The first-order chi connectivity index (χ1) is 22.6. The van der Waals surface area contributed by atoms with Crippen molar-refractivity contribution in [1.29, 1.82) is 0 Å². The summed E-state index contributed by atoms with van der Waals surface area (Å²) in [5, 5.41) is 25.7. The molecule has 0 spiro atoms. The topological polar surface area (TPSA) is 192 Å². The smallest absolute Gasteiger partial charge is 0.300 e. The minimum absolute atomic E-state index is 0.309. The average molecular weight is 656 g/mol. The number of anilines is 5. The number of nitrogen functional groups attached to an aromatic ring is 1. The molecule has 2 aromatic carbocycles. The summed E-state index contributed by atoms with van der Waals surface area (Å²) in [6, 6.07) is 13.1. The number of halogens is 1. The number of carboxylic acids is 1. The summed E-state index contributed by atoms with van der Waals surface area (Å²) in [4.78, 5) is 30.0. The molecule has 2 saturated carbocycles. The SMILES string of the molecule is CC(=O)O.Cc1cnc(Cl)nc1NC1CC1.Cc1cnc(Nc2ccc3[nH]ncc3c2)nc1NC1CC1.Nc1ccc2c(c1)C=NC2. The highest BCUT2D eigenvalue weighted by atomic mass is 35.5. The number of hydrogen-bond acceptors (Lipinski definition) is 11. The van der Waals surface area contributed by atoms with E-state index >= 15 is 0 Å². The Bertz CT molecular complexity index is 1870. The highest BCUT2D eigenvalue weighted by molar-refractivity contribution is 6.28. The van der Waals surface area contributed by atoms with Crippen molar-refractivity contribution in [2.45, 2.75) is 65.1 Å². The van der Waals surface area contributed by atoms with Gasteiger partial charge in [-0.1, -0.05) is 6.07 Å². The van der Waals surface area contributed by atoms with E-state index in [4.69, 9.17) is 27.2 Å². The number of carbonyl (C=O) groups is 1. The van der Waals surface area contributed by atoms with Crippen molar-refractivity contribution in [3.8, 4) is 0 Å². The maximum Gasteiger partial charge on any atom is 0.300 e. The van der Waals surface area contributed by atoms with Crippen LogP contribution in [-0.2, 0) is 11.3 Å². The third-order valence-corrected chi connectivity index (χ3v) is 7.29. The van der Waals surface area contributed by atoms with E-state index in [-0.39, 0.29) is 0 Å². The second kappa shape index (κ2) is 15.3. The third-order valence-electron chi connectivity index (χ3n) is 7.11. The average Bonchev–Trinajstić information content (AvgIpc) is 3.94. The van der Waals surface area contributed by atoms with Crippen molar-refractivity contribution in [2.24, 2.45) is 4.99 Å². The molecule has 0 unspecified atom stereocenters. The highest BCUT2D eigenvalue weighted by Gasteiger charge is 2.23. The van der Waals surface area contributed by atoms with Crippen LogP contribution >= 0.6 is 11.6 Å². The first-order valence-electron chi connectivity index (χ1n) is 15.3. The summed E-state index contributed by atoms with van der Waals surface area (Å²) in [7, 11) is 0. The minimum atomic E-state index is -0.833. The Hall–Kier alpha value is -5.30. The van der Waals surface area contributed by atoms with E-state index in [9.17, 15) is 0 Å². The number of fused-ring (bicyclic) bond motifs is 2. The van der Waals surface area contributed by atoms with Crippen molar-refractivity contribution >= 4 is 63.6 Å². The first-order valence-corrected chi connectivity index (χ1v) is 15.6. The zero-order valence-electron chi connectivity index (χ0n) is 26.5. The number of carboxylic acid groups (broad SMARTS) is 1. The van der Waals surface area contributed by atoms with E-state index in [2.05, 4.69) is 51.1 Å². The van der Waals surface area contributed by atoms with Crippen LogP contribution in [0.1, 0.15) is 54.9 Å². The second-order valence-corrected chi connectivity index (χ2v) is 11.8. The van der Waals surface area contributed by atoms with Gasteiger partial charge in [-0.25, -0.2) is 15.0 Å². The lowest BCUT2D eigenvalue weighted by atomic mass is 10.1. The molecule has 0 amide bonds. The van der Waals surface area contributed by atoms with Crippen LogP contribution in [0.15, 0.2) is 60.0 Å². The Labute approximate surface area is 277 Å². The van der Waals surface area contributed by atoms with Crippen molar-refractivity contribution in [3.63, 3.8) is 0 Å². The fourth-order valence-electron chi connectivity index (χ4n) is 4.33. The van der Waals surface area contributed by atoms with Crippen LogP contribution < -0.4 is 21.7 Å². The number of nitrogens with one attached hydrogen (secondary N) is 4. The number of aromatic amines is 1. The van der Waals surface area contributed by atoms with Gasteiger partial charge in [-0.15, -0.1) is 0 Å². The molecule has 7 N–H and O–H groups in total. The molecule has 0 bridgehead atoms. The number of nitrogens with zero attached hydrogens (tertiary/aromatic N) is 6.